The van der Waals surface area contributed by atoms with E-state index in [2.05, 4.69) is 5.32 Å². The van der Waals surface area contributed by atoms with Gasteiger partial charge < -0.3 is 24.3 Å². The van der Waals surface area contributed by atoms with E-state index in [1.165, 1.54) is 7.11 Å². The Morgan fingerprint density at radius 2 is 1.85 bits per heavy atom. The molecular weight excluding hydrogens is 448 g/mol. The van der Waals surface area contributed by atoms with Crippen LogP contribution in [0.2, 0.25) is 0 Å². The van der Waals surface area contributed by atoms with Gasteiger partial charge in [0.25, 0.3) is 0 Å². The Morgan fingerprint density at radius 3 is 2.52 bits per heavy atom. The molecule has 0 unspecified atom stereocenters. The SMILES string of the molecule is CCOC(=O)c1c(NC(=O)CN(C)Cc2cccc(OC)c2)sc(C(=O)OCCOC)c1C. The van der Waals surface area contributed by atoms with Crippen LogP contribution in [0.25, 0.3) is 0 Å². The maximum atomic E-state index is 12.7. The Labute approximate surface area is 197 Å². The standard InChI is InChI=1S/C23H30N2O7S/c1-6-31-22(27)19-15(2)20(23(28)32-11-10-29-4)33-21(19)24-18(26)14-25(3)13-16-8-7-9-17(12-16)30-5/h7-9,12H,6,10-11,13-14H2,1-5H3,(H,24,26). The summed E-state index contributed by atoms with van der Waals surface area (Å²) in [5, 5.41) is 3.01. The van der Waals surface area contributed by atoms with Crippen LogP contribution >= 0.6 is 11.3 Å². The summed E-state index contributed by atoms with van der Waals surface area (Å²) in [6.07, 6.45) is 0. The predicted octanol–water partition coefficient (Wildman–Crippen LogP) is 3.12. The zero-order valence-corrected chi connectivity index (χ0v) is 20.4. The van der Waals surface area contributed by atoms with Crippen LogP contribution in [0, 0.1) is 6.92 Å². The molecule has 180 valence electrons. The number of benzene rings is 1. The predicted molar refractivity (Wildman–Crippen MR) is 125 cm³/mol. The molecule has 9 nitrogen and oxygen atoms in total. The number of esters is 2. The summed E-state index contributed by atoms with van der Waals surface area (Å²) >= 11 is 0.988. The maximum Gasteiger partial charge on any atom is 0.348 e. The van der Waals surface area contributed by atoms with E-state index in [9.17, 15) is 14.4 Å². The quantitative estimate of drug-likeness (QED) is 0.367. The molecule has 1 aromatic heterocycles. The first kappa shape index (κ1) is 26.3. The Morgan fingerprint density at radius 1 is 1.09 bits per heavy atom. The highest BCUT2D eigenvalue weighted by atomic mass is 32.1. The highest BCUT2D eigenvalue weighted by molar-refractivity contribution is 7.18. The first-order valence-electron chi connectivity index (χ1n) is 10.4. The summed E-state index contributed by atoms with van der Waals surface area (Å²) in [5.74, 6) is -0.784. The van der Waals surface area contributed by atoms with Crippen LogP contribution in [-0.2, 0) is 25.5 Å². The molecule has 0 aliphatic heterocycles. The van der Waals surface area contributed by atoms with E-state index in [1.54, 1.807) is 21.0 Å². The van der Waals surface area contributed by atoms with Gasteiger partial charge in [-0.15, -0.1) is 11.3 Å². The second kappa shape index (κ2) is 12.9. The highest BCUT2D eigenvalue weighted by Gasteiger charge is 2.27. The smallest absolute Gasteiger partial charge is 0.348 e. The van der Waals surface area contributed by atoms with Crippen LogP contribution < -0.4 is 10.1 Å². The molecule has 1 amide bonds. The van der Waals surface area contributed by atoms with Crippen molar-refractivity contribution < 1.29 is 33.3 Å². The van der Waals surface area contributed by atoms with Crippen LogP contribution in [0.5, 0.6) is 5.75 Å². The molecule has 0 atom stereocenters. The minimum absolute atomic E-state index is 0.0735. The van der Waals surface area contributed by atoms with Crippen LogP contribution in [0.4, 0.5) is 5.00 Å². The van der Waals surface area contributed by atoms with Crippen molar-refractivity contribution in [2.45, 2.75) is 20.4 Å². The number of nitrogens with one attached hydrogen (secondary N) is 1. The van der Waals surface area contributed by atoms with Crippen molar-refractivity contribution >= 4 is 34.2 Å². The van der Waals surface area contributed by atoms with Gasteiger partial charge in [0.1, 0.15) is 22.2 Å². The molecule has 2 aromatic rings. The lowest BCUT2D eigenvalue weighted by molar-refractivity contribution is -0.117. The average Bonchev–Trinajstić information content (AvgIpc) is 3.09. The molecule has 0 saturated carbocycles. The van der Waals surface area contributed by atoms with Gasteiger partial charge in [0.15, 0.2) is 0 Å². The molecule has 0 saturated heterocycles. The number of carbonyl (C=O) groups is 3. The summed E-state index contributed by atoms with van der Waals surface area (Å²) in [6, 6.07) is 7.58. The van der Waals surface area contributed by atoms with Crippen LogP contribution in [0.15, 0.2) is 24.3 Å². The first-order valence-corrected chi connectivity index (χ1v) is 11.2. The number of anilines is 1. The van der Waals surface area contributed by atoms with E-state index >= 15 is 0 Å². The van der Waals surface area contributed by atoms with Crippen molar-refractivity contribution in [1.29, 1.82) is 0 Å². The Kier molecular flexibility index (Phi) is 10.3. The van der Waals surface area contributed by atoms with Gasteiger partial charge in [-0.05, 0) is 44.2 Å². The molecule has 2 rings (SSSR count). The molecule has 0 spiro atoms. The lowest BCUT2D eigenvalue weighted by Gasteiger charge is -2.16. The number of rotatable bonds is 12. The molecular formula is C23H30N2O7S. The lowest BCUT2D eigenvalue weighted by atomic mass is 10.1. The number of methoxy groups -OCH3 is 2. The van der Waals surface area contributed by atoms with E-state index in [4.69, 9.17) is 18.9 Å². The normalized spacial score (nSPS) is 10.7. The van der Waals surface area contributed by atoms with E-state index in [0.717, 1.165) is 22.6 Å². The van der Waals surface area contributed by atoms with Gasteiger partial charge in [0.05, 0.1) is 32.4 Å². The lowest BCUT2D eigenvalue weighted by Crippen LogP contribution is -2.30. The van der Waals surface area contributed by atoms with Crippen molar-refractivity contribution in [3.63, 3.8) is 0 Å². The Balaban J connectivity index is 2.14. The van der Waals surface area contributed by atoms with Crippen molar-refractivity contribution in [3.8, 4) is 5.75 Å². The summed E-state index contributed by atoms with van der Waals surface area (Å²) < 4.78 is 20.4. The summed E-state index contributed by atoms with van der Waals surface area (Å²) in [4.78, 5) is 39.8. The molecule has 0 bridgehead atoms. The summed E-state index contributed by atoms with van der Waals surface area (Å²) in [6.45, 7) is 4.41. The fourth-order valence-electron chi connectivity index (χ4n) is 3.08. The number of ether oxygens (including phenoxy) is 4. The van der Waals surface area contributed by atoms with E-state index in [1.807, 2.05) is 36.2 Å². The van der Waals surface area contributed by atoms with Gasteiger partial charge in [-0.3, -0.25) is 9.69 Å². The van der Waals surface area contributed by atoms with E-state index < -0.39 is 11.9 Å². The number of likely N-dealkylation sites (N-methyl/N-ethyl adjacent to an activating group) is 1. The minimum atomic E-state index is -0.609. The average molecular weight is 479 g/mol. The van der Waals surface area contributed by atoms with Gasteiger partial charge in [-0.1, -0.05) is 12.1 Å². The molecule has 10 heteroatoms. The fourth-order valence-corrected chi connectivity index (χ4v) is 4.18. The summed E-state index contributed by atoms with van der Waals surface area (Å²) in [5.41, 5.74) is 1.55. The topological polar surface area (TPSA) is 103 Å². The second-order valence-corrected chi connectivity index (χ2v) is 8.20. The zero-order valence-electron chi connectivity index (χ0n) is 19.6. The molecule has 0 radical (unpaired) electrons. The Bertz CT molecular complexity index is 974. The van der Waals surface area contributed by atoms with Gasteiger partial charge in [-0.25, -0.2) is 9.59 Å². The molecule has 0 aliphatic rings. The third kappa shape index (κ3) is 7.55. The van der Waals surface area contributed by atoms with E-state index in [0.29, 0.717) is 12.1 Å². The number of hydrogen-bond acceptors (Lipinski definition) is 9. The van der Waals surface area contributed by atoms with Crippen molar-refractivity contribution in [2.24, 2.45) is 0 Å². The molecule has 33 heavy (non-hydrogen) atoms. The molecule has 0 aliphatic carbocycles. The van der Waals surface area contributed by atoms with Gasteiger partial charge in [0.2, 0.25) is 5.91 Å². The second-order valence-electron chi connectivity index (χ2n) is 7.18. The van der Waals surface area contributed by atoms with Gasteiger partial charge in [-0.2, -0.15) is 0 Å². The largest absolute Gasteiger partial charge is 0.497 e. The first-order chi connectivity index (χ1) is 15.8. The molecule has 1 N–H and O–H groups in total. The third-order valence-corrected chi connectivity index (χ3v) is 5.77. The van der Waals surface area contributed by atoms with Crippen LogP contribution in [-0.4, -0.2) is 70.4 Å². The molecule has 0 fully saturated rings. The van der Waals surface area contributed by atoms with E-state index in [-0.39, 0.29) is 47.7 Å². The Hall–Kier alpha value is -2.95. The van der Waals surface area contributed by atoms with Crippen molar-refractivity contribution in [1.82, 2.24) is 4.90 Å². The summed E-state index contributed by atoms with van der Waals surface area (Å²) in [7, 11) is 4.91. The third-order valence-electron chi connectivity index (χ3n) is 4.59. The monoisotopic (exact) mass is 478 g/mol. The number of carbonyl (C=O) groups excluding carboxylic acids is 3. The minimum Gasteiger partial charge on any atom is -0.497 e. The van der Waals surface area contributed by atoms with Gasteiger partial charge >= 0.3 is 11.9 Å². The van der Waals surface area contributed by atoms with Crippen LogP contribution in [0.3, 0.4) is 0 Å². The number of amides is 1. The number of nitrogens with zero attached hydrogens (tertiary/aromatic N) is 1. The van der Waals surface area contributed by atoms with Crippen molar-refractivity contribution in [2.75, 3.05) is 52.9 Å². The zero-order chi connectivity index (χ0) is 24.4. The highest BCUT2D eigenvalue weighted by Crippen LogP contribution is 2.34. The number of hydrogen-bond donors (Lipinski definition) is 1. The molecule has 1 aromatic carbocycles. The van der Waals surface area contributed by atoms with Crippen molar-refractivity contribution in [3.05, 3.63) is 45.8 Å². The number of thiophene rings is 1. The van der Waals surface area contributed by atoms with Gasteiger partial charge in [0, 0.05) is 13.7 Å². The molecule has 1 heterocycles. The fraction of sp³-hybridized carbons (Fsp3) is 0.435. The maximum absolute atomic E-state index is 12.7. The van der Waals surface area contributed by atoms with Crippen LogP contribution in [0.1, 0.15) is 38.1 Å².